The molecule has 2 aromatic carbocycles. The van der Waals surface area contributed by atoms with Crippen molar-refractivity contribution in [3.63, 3.8) is 0 Å². The van der Waals surface area contributed by atoms with Gasteiger partial charge in [-0.15, -0.1) is 0 Å². The van der Waals surface area contributed by atoms with Crippen molar-refractivity contribution in [3.05, 3.63) is 70.8 Å². The number of nitrogens with one attached hydrogen (secondary N) is 1. The molecule has 2 aliphatic rings. The second-order valence-electron chi connectivity index (χ2n) is 5.39. The molecule has 0 aliphatic carbocycles. The quantitative estimate of drug-likeness (QED) is 0.804. The summed E-state index contributed by atoms with van der Waals surface area (Å²) < 4.78 is 5.12. The Morgan fingerprint density at radius 3 is 2.65 bits per heavy atom. The minimum absolute atomic E-state index is 0.181. The molecular formula is C17H15NO2. The van der Waals surface area contributed by atoms with Gasteiger partial charge in [0.1, 0.15) is 0 Å². The normalized spacial score (nSPS) is 25.8. The molecule has 0 aromatic heterocycles. The Bertz CT molecular complexity index is 697. The molecule has 0 fully saturated rings. The van der Waals surface area contributed by atoms with Gasteiger partial charge in [0, 0.05) is 6.04 Å². The van der Waals surface area contributed by atoms with E-state index in [-0.39, 0.29) is 12.0 Å². The molecule has 100 valence electrons. The monoisotopic (exact) mass is 265 g/mol. The Morgan fingerprint density at radius 1 is 1.15 bits per heavy atom. The van der Waals surface area contributed by atoms with Crippen LogP contribution in [0.1, 0.15) is 28.3 Å². The van der Waals surface area contributed by atoms with Crippen molar-refractivity contribution in [3.8, 4) is 0 Å². The highest BCUT2D eigenvalue weighted by Gasteiger charge is 2.54. The molecule has 0 saturated carbocycles. The van der Waals surface area contributed by atoms with Crippen LogP contribution in [0.5, 0.6) is 0 Å². The lowest BCUT2D eigenvalue weighted by molar-refractivity contribution is -0.147. The van der Waals surface area contributed by atoms with E-state index < -0.39 is 5.54 Å². The molecule has 3 heteroatoms. The van der Waals surface area contributed by atoms with Gasteiger partial charge in [-0.3, -0.25) is 5.32 Å². The van der Waals surface area contributed by atoms with Gasteiger partial charge < -0.3 is 4.74 Å². The van der Waals surface area contributed by atoms with Gasteiger partial charge in [-0.1, -0.05) is 48.5 Å². The summed E-state index contributed by atoms with van der Waals surface area (Å²) in [5.41, 5.74) is 3.63. The Morgan fingerprint density at radius 2 is 1.85 bits per heavy atom. The van der Waals surface area contributed by atoms with Crippen LogP contribution in [0.15, 0.2) is 48.5 Å². The molecule has 2 aliphatic heterocycles. The molecule has 2 aromatic rings. The van der Waals surface area contributed by atoms with Crippen molar-refractivity contribution in [2.24, 2.45) is 0 Å². The maximum Gasteiger partial charge on any atom is 0.335 e. The number of rotatable bonds is 1. The molecule has 0 saturated heterocycles. The van der Waals surface area contributed by atoms with Crippen molar-refractivity contribution < 1.29 is 9.53 Å². The highest BCUT2D eigenvalue weighted by molar-refractivity contribution is 5.90. The van der Waals surface area contributed by atoms with Crippen LogP contribution in [0.3, 0.4) is 0 Å². The summed E-state index contributed by atoms with van der Waals surface area (Å²) in [6, 6.07) is 16.5. The Balaban J connectivity index is 2.07. The number of hydrogen-bond acceptors (Lipinski definition) is 3. The number of carbonyl (C=O) groups is 1. The molecule has 2 unspecified atom stereocenters. The summed E-state index contributed by atoms with van der Waals surface area (Å²) >= 11 is 0. The van der Waals surface area contributed by atoms with Crippen LogP contribution >= 0.6 is 0 Å². The predicted molar refractivity (Wildman–Crippen MR) is 75.3 cm³/mol. The van der Waals surface area contributed by atoms with Crippen molar-refractivity contribution in [2.45, 2.75) is 18.0 Å². The smallest absolute Gasteiger partial charge is 0.335 e. The van der Waals surface area contributed by atoms with E-state index in [0.29, 0.717) is 0 Å². The predicted octanol–water partition coefficient (Wildman–Crippen LogP) is 2.30. The van der Waals surface area contributed by atoms with E-state index in [0.717, 1.165) is 17.5 Å². The maximum atomic E-state index is 12.6. The minimum Gasteiger partial charge on any atom is -0.467 e. The number of ether oxygens (including phenoxy) is 1. The number of esters is 1. The topological polar surface area (TPSA) is 38.3 Å². The summed E-state index contributed by atoms with van der Waals surface area (Å²) in [6.45, 7) is 0. The van der Waals surface area contributed by atoms with Crippen LogP contribution < -0.4 is 5.32 Å². The van der Waals surface area contributed by atoms with E-state index in [2.05, 4.69) is 17.4 Å². The second kappa shape index (κ2) is 3.93. The number of carbonyl (C=O) groups excluding carboxylic acids is 1. The van der Waals surface area contributed by atoms with Crippen LogP contribution in [0.25, 0.3) is 0 Å². The first-order chi connectivity index (χ1) is 9.77. The van der Waals surface area contributed by atoms with Crippen LogP contribution in [0.4, 0.5) is 0 Å². The molecule has 0 radical (unpaired) electrons. The van der Waals surface area contributed by atoms with Gasteiger partial charge in [0.2, 0.25) is 0 Å². The summed E-state index contributed by atoms with van der Waals surface area (Å²) in [6.07, 6.45) is 0.909. The first-order valence-corrected chi connectivity index (χ1v) is 6.81. The fourth-order valence-corrected chi connectivity index (χ4v) is 3.66. The van der Waals surface area contributed by atoms with Crippen molar-refractivity contribution >= 4 is 5.97 Å². The largest absolute Gasteiger partial charge is 0.467 e. The Kier molecular flexibility index (Phi) is 2.30. The SMILES string of the molecule is COC(=O)C12NC(Cc3ccccc31)c1ccccc12. The first kappa shape index (κ1) is 11.7. The lowest BCUT2D eigenvalue weighted by Gasteiger charge is -2.35. The van der Waals surface area contributed by atoms with Crippen LogP contribution in [-0.4, -0.2) is 13.1 Å². The number of benzene rings is 2. The molecule has 2 atom stereocenters. The third-order valence-electron chi connectivity index (χ3n) is 4.47. The van der Waals surface area contributed by atoms with E-state index in [1.54, 1.807) is 0 Å². The Labute approximate surface area is 117 Å². The molecular weight excluding hydrogens is 250 g/mol. The molecule has 2 bridgehead atoms. The average molecular weight is 265 g/mol. The summed E-state index contributed by atoms with van der Waals surface area (Å²) in [5, 5.41) is 3.50. The zero-order valence-electron chi connectivity index (χ0n) is 11.2. The van der Waals surface area contributed by atoms with Gasteiger partial charge in [-0.2, -0.15) is 0 Å². The standard InChI is InChI=1S/C17H15NO2/c1-20-16(19)17-13-8-4-2-6-11(13)10-15(18-17)12-7-3-5-9-14(12)17/h2-9,15,18H,10H2,1H3. The maximum absolute atomic E-state index is 12.6. The van der Waals surface area contributed by atoms with E-state index >= 15 is 0 Å². The van der Waals surface area contributed by atoms with Gasteiger partial charge in [-0.05, 0) is 28.7 Å². The third-order valence-corrected chi connectivity index (χ3v) is 4.47. The lowest BCUT2D eigenvalue weighted by Crippen LogP contribution is -2.50. The molecule has 20 heavy (non-hydrogen) atoms. The van der Waals surface area contributed by atoms with Gasteiger partial charge in [0.15, 0.2) is 5.54 Å². The van der Waals surface area contributed by atoms with Crippen molar-refractivity contribution in [1.29, 1.82) is 0 Å². The van der Waals surface area contributed by atoms with Crippen LogP contribution in [0.2, 0.25) is 0 Å². The minimum atomic E-state index is -0.842. The van der Waals surface area contributed by atoms with Crippen molar-refractivity contribution in [2.75, 3.05) is 7.11 Å². The first-order valence-electron chi connectivity index (χ1n) is 6.81. The summed E-state index contributed by atoms with van der Waals surface area (Å²) in [4.78, 5) is 12.6. The van der Waals surface area contributed by atoms with E-state index in [1.165, 1.54) is 18.2 Å². The number of fused-ring (bicyclic) bond motifs is 7. The molecule has 0 amide bonds. The fourth-order valence-electron chi connectivity index (χ4n) is 3.66. The lowest BCUT2D eigenvalue weighted by atomic mass is 9.80. The zero-order chi connectivity index (χ0) is 13.7. The van der Waals surface area contributed by atoms with Crippen molar-refractivity contribution in [1.82, 2.24) is 5.32 Å². The van der Waals surface area contributed by atoms with Gasteiger partial charge >= 0.3 is 5.97 Å². The van der Waals surface area contributed by atoms with E-state index in [4.69, 9.17) is 4.74 Å². The van der Waals surface area contributed by atoms with Crippen LogP contribution in [-0.2, 0) is 21.5 Å². The number of hydrogen-bond donors (Lipinski definition) is 1. The van der Waals surface area contributed by atoms with E-state index in [1.807, 2.05) is 36.4 Å². The van der Waals surface area contributed by atoms with Gasteiger partial charge in [0.05, 0.1) is 7.11 Å². The Hall–Kier alpha value is -2.13. The molecule has 1 N–H and O–H groups in total. The summed E-state index contributed by atoms with van der Waals surface area (Å²) in [7, 11) is 1.45. The van der Waals surface area contributed by atoms with Gasteiger partial charge in [-0.25, -0.2) is 4.79 Å². The summed E-state index contributed by atoms with van der Waals surface area (Å²) in [5.74, 6) is -0.236. The fraction of sp³-hybridized carbons (Fsp3) is 0.235. The average Bonchev–Trinajstić information content (AvgIpc) is 2.78. The van der Waals surface area contributed by atoms with Gasteiger partial charge in [0.25, 0.3) is 0 Å². The highest BCUT2D eigenvalue weighted by Crippen LogP contribution is 2.48. The molecule has 3 nitrogen and oxygen atoms in total. The molecule has 2 heterocycles. The second-order valence-corrected chi connectivity index (χ2v) is 5.39. The third kappa shape index (κ3) is 1.26. The highest BCUT2D eigenvalue weighted by atomic mass is 16.5. The molecule has 4 rings (SSSR count). The van der Waals surface area contributed by atoms with E-state index in [9.17, 15) is 4.79 Å². The number of methoxy groups -OCH3 is 1. The van der Waals surface area contributed by atoms with Crippen LogP contribution in [0, 0.1) is 0 Å². The molecule has 0 spiro atoms. The zero-order valence-corrected chi connectivity index (χ0v) is 11.2.